The summed E-state index contributed by atoms with van der Waals surface area (Å²) in [6.45, 7) is 6.98. The molecule has 100 valence electrons. The minimum atomic E-state index is -0.168. The smallest absolute Gasteiger partial charge is 0.123 e. The summed E-state index contributed by atoms with van der Waals surface area (Å²) in [4.78, 5) is 4.62. The molecule has 0 bridgehead atoms. The first-order chi connectivity index (χ1) is 8.70. The first kappa shape index (κ1) is 13.5. The van der Waals surface area contributed by atoms with Crippen LogP contribution >= 0.6 is 0 Å². The van der Waals surface area contributed by atoms with Crippen LogP contribution in [0.15, 0.2) is 24.3 Å². The molecule has 2 rings (SSSR count). The van der Waals surface area contributed by atoms with Crippen molar-refractivity contribution in [2.45, 2.75) is 13.0 Å². The molecule has 4 heteroatoms. The fourth-order valence-corrected chi connectivity index (χ4v) is 2.49. The van der Waals surface area contributed by atoms with Crippen molar-refractivity contribution in [3.63, 3.8) is 0 Å². The molecule has 1 unspecified atom stereocenters. The number of β-amino-alcohol motifs (C(OH)–C–C–N with tert-alkyl or cyclic N) is 1. The van der Waals surface area contributed by atoms with Gasteiger partial charge in [0.2, 0.25) is 0 Å². The molecule has 1 N–H and O–H groups in total. The van der Waals surface area contributed by atoms with Gasteiger partial charge in [-0.2, -0.15) is 0 Å². The fourth-order valence-electron chi connectivity index (χ4n) is 2.49. The minimum absolute atomic E-state index is 0.168. The highest BCUT2D eigenvalue weighted by Gasteiger charge is 2.21. The molecule has 1 aromatic rings. The second-order valence-corrected chi connectivity index (χ2v) is 4.83. The van der Waals surface area contributed by atoms with Crippen LogP contribution in [0.1, 0.15) is 18.5 Å². The highest BCUT2D eigenvalue weighted by atomic mass is 19.1. The summed E-state index contributed by atoms with van der Waals surface area (Å²) in [6.07, 6.45) is 0. The molecule has 0 radical (unpaired) electrons. The van der Waals surface area contributed by atoms with Crippen molar-refractivity contribution < 1.29 is 9.50 Å². The third-order valence-corrected chi connectivity index (χ3v) is 3.70. The molecule has 1 heterocycles. The summed E-state index contributed by atoms with van der Waals surface area (Å²) in [6, 6.07) is 7.09. The van der Waals surface area contributed by atoms with E-state index in [9.17, 15) is 4.39 Å². The van der Waals surface area contributed by atoms with Gasteiger partial charge < -0.3 is 5.11 Å². The van der Waals surface area contributed by atoms with E-state index in [2.05, 4.69) is 16.7 Å². The molecule has 1 saturated heterocycles. The number of rotatable bonds is 4. The zero-order chi connectivity index (χ0) is 13.0. The van der Waals surface area contributed by atoms with Gasteiger partial charge in [-0.25, -0.2) is 4.39 Å². The van der Waals surface area contributed by atoms with Crippen LogP contribution in [0, 0.1) is 5.82 Å². The van der Waals surface area contributed by atoms with E-state index in [1.807, 2.05) is 6.07 Å². The van der Waals surface area contributed by atoms with Gasteiger partial charge >= 0.3 is 0 Å². The van der Waals surface area contributed by atoms with Crippen molar-refractivity contribution >= 4 is 0 Å². The van der Waals surface area contributed by atoms with Gasteiger partial charge in [0.1, 0.15) is 5.82 Å². The Kier molecular flexibility index (Phi) is 4.69. The van der Waals surface area contributed by atoms with E-state index in [4.69, 9.17) is 5.11 Å². The van der Waals surface area contributed by atoms with E-state index >= 15 is 0 Å². The van der Waals surface area contributed by atoms with Crippen LogP contribution in [0.4, 0.5) is 4.39 Å². The third kappa shape index (κ3) is 3.28. The first-order valence-corrected chi connectivity index (χ1v) is 6.53. The Morgan fingerprint density at radius 1 is 1.28 bits per heavy atom. The maximum absolute atomic E-state index is 13.2. The Morgan fingerprint density at radius 3 is 2.61 bits per heavy atom. The lowest BCUT2D eigenvalue weighted by molar-refractivity contribution is 0.0887. The van der Waals surface area contributed by atoms with E-state index < -0.39 is 0 Å². The van der Waals surface area contributed by atoms with Crippen LogP contribution in [0.3, 0.4) is 0 Å². The van der Waals surface area contributed by atoms with E-state index in [-0.39, 0.29) is 18.5 Å². The lowest BCUT2D eigenvalue weighted by atomic mass is 10.1. The lowest BCUT2D eigenvalue weighted by Gasteiger charge is -2.38. The maximum atomic E-state index is 13.2. The zero-order valence-corrected chi connectivity index (χ0v) is 10.8. The Labute approximate surface area is 108 Å². The Hall–Kier alpha value is -0.970. The van der Waals surface area contributed by atoms with Crippen molar-refractivity contribution in [1.82, 2.24) is 9.80 Å². The molecule has 0 aromatic heterocycles. The van der Waals surface area contributed by atoms with E-state index in [0.717, 1.165) is 38.3 Å². The topological polar surface area (TPSA) is 26.7 Å². The van der Waals surface area contributed by atoms with Crippen LogP contribution in [-0.4, -0.2) is 54.2 Å². The number of benzene rings is 1. The van der Waals surface area contributed by atoms with E-state index in [1.165, 1.54) is 6.07 Å². The lowest BCUT2D eigenvalue weighted by Crippen LogP contribution is -2.47. The van der Waals surface area contributed by atoms with Gasteiger partial charge in [-0.05, 0) is 24.6 Å². The van der Waals surface area contributed by atoms with Gasteiger partial charge in [0.05, 0.1) is 6.61 Å². The van der Waals surface area contributed by atoms with Crippen LogP contribution in [0.5, 0.6) is 0 Å². The molecule has 1 fully saturated rings. The summed E-state index contributed by atoms with van der Waals surface area (Å²) in [5.41, 5.74) is 1.03. The first-order valence-electron chi connectivity index (χ1n) is 6.53. The Bertz CT molecular complexity index is 378. The second kappa shape index (κ2) is 6.27. The maximum Gasteiger partial charge on any atom is 0.123 e. The highest BCUT2D eigenvalue weighted by molar-refractivity contribution is 5.19. The van der Waals surface area contributed by atoms with Crippen LogP contribution in [0.25, 0.3) is 0 Å². The molecule has 0 spiro atoms. The average Bonchev–Trinajstić information content (AvgIpc) is 2.39. The quantitative estimate of drug-likeness (QED) is 0.879. The molecular formula is C14H21FN2O. The number of piperazine rings is 1. The molecule has 1 atom stereocenters. The molecule has 0 saturated carbocycles. The molecule has 1 aliphatic rings. The Morgan fingerprint density at radius 2 is 2.00 bits per heavy atom. The van der Waals surface area contributed by atoms with Crippen molar-refractivity contribution in [1.29, 1.82) is 0 Å². The van der Waals surface area contributed by atoms with Gasteiger partial charge in [0, 0.05) is 38.8 Å². The zero-order valence-electron chi connectivity index (χ0n) is 10.8. The highest BCUT2D eigenvalue weighted by Crippen LogP contribution is 2.21. The van der Waals surface area contributed by atoms with Crippen LogP contribution < -0.4 is 0 Å². The van der Waals surface area contributed by atoms with Crippen LogP contribution in [0.2, 0.25) is 0 Å². The van der Waals surface area contributed by atoms with Gasteiger partial charge in [-0.3, -0.25) is 9.80 Å². The number of nitrogens with zero attached hydrogens (tertiary/aromatic N) is 2. The third-order valence-electron chi connectivity index (χ3n) is 3.70. The monoisotopic (exact) mass is 252 g/mol. The van der Waals surface area contributed by atoms with Crippen LogP contribution in [-0.2, 0) is 0 Å². The number of aliphatic hydroxyl groups is 1. The van der Waals surface area contributed by atoms with E-state index in [1.54, 1.807) is 12.1 Å². The van der Waals surface area contributed by atoms with E-state index in [0.29, 0.717) is 0 Å². The van der Waals surface area contributed by atoms with Crippen molar-refractivity contribution in [3.05, 3.63) is 35.6 Å². The predicted molar refractivity (Wildman–Crippen MR) is 69.9 cm³/mol. The molecule has 3 nitrogen and oxygen atoms in total. The fraction of sp³-hybridized carbons (Fsp3) is 0.571. The molecule has 1 aliphatic heterocycles. The summed E-state index contributed by atoms with van der Waals surface area (Å²) in [5, 5.41) is 8.91. The average molecular weight is 252 g/mol. The van der Waals surface area contributed by atoms with Crippen molar-refractivity contribution in [2.24, 2.45) is 0 Å². The SMILES string of the molecule is CC(c1cccc(F)c1)N1CCN(CCO)CC1. The summed E-state index contributed by atoms with van der Waals surface area (Å²) < 4.78 is 13.2. The normalized spacial score (nSPS) is 19.9. The predicted octanol–water partition coefficient (Wildman–Crippen LogP) is 1.50. The number of halogens is 1. The summed E-state index contributed by atoms with van der Waals surface area (Å²) in [5.74, 6) is -0.168. The summed E-state index contributed by atoms with van der Waals surface area (Å²) >= 11 is 0. The molecule has 0 amide bonds. The van der Waals surface area contributed by atoms with Gasteiger partial charge in [-0.1, -0.05) is 12.1 Å². The molecule has 0 aliphatic carbocycles. The largest absolute Gasteiger partial charge is 0.395 e. The summed E-state index contributed by atoms with van der Waals surface area (Å²) in [7, 11) is 0. The van der Waals surface area contributed by atoms with Crippen molar-refractivity contribution in [2.75, 3.05) is 39.3 Å². The number of hydrogen-bond acceptors (Lipinski definition) is 3. The minimum Gasteiger partial charge on any atom is -0.395 e. The number of aliphatic hydroxyl groups excluding tert-OH is 1. The van der Waals surface area contributed by atoms with Gasteiger partial charge in [0.15, 0.2) is 0 Å². The molecule has 18 heavy (non-hydrogen) atoms. The van der Waals surface area contributed by atoms with Gasteiger partial charge in [0.25, 0.3) is 0 Å². The van der Waals surface area contributed by atoms with Gasteiger partial charge in [-0.15, -0.1) is 0 Å². The molecular weight excluding hydrogens is 231 g/mol. The number of hydrogen-bond donors (Lipinski definition) is 1. The standard InChI is InChI=1S/C14H21FN2O/c1-12(13-3-2-4-14(15)11-13)17-7-5-16(6-8-17)9-10-18/h2-4,11-12,18H,5-10H2,1H3. The van der Waals surface area contributed by atoms with Crippen molar-refractivity contribution in [3.8, 4) is 0 Å². The Balaban J connectivity index is 1.93. The second-order valence-electron chi connectivity index (χ2n) is 4.83. The molecule has 1 aromatic carbocycles.